The molecule has 0 bridgehead atoms. The highest BCUT2D eigenvalue weighted by atomic mass is 32.2. The van der Waals surface area contributed by atoms with Gasteiger partial charge >= 0.3 is 5.97 Å². The van der Waals surface area contributed by atoms with Crippen molar-refractivity contribution in [1.82, 2.24) is 9.97 Å². The molecule has 26 heavy (non-hydrogen) atoms. The normalized spacial score (nSPS) is 11.5. The van der Waals surface area contributed by atoms with Crippen molar-refractivity contribution < 1.29 is 19.1 Å². The summed E-state index contributed by atoms with van der Waals surface area (Å²) in [6.07, 6.45) is -0.113. The number of carbonyl (C=O) groups excluding carboxylic acids is 2. The van der Waals surface area contributed by atoms with E-state index >= 15 is 0 Å². The summed E-state index contributed by atoms with van der Waals surface area (Å²) in [7, 11) is 2.80. The molecular formula is C17H19N3O5S. The molecule has 0 fully saturated rings. The van der Waals surface area contributed by atoms with Gasteiger partial charge in [-0.05, 0) is 19.1 Å². The van der Waals surface area contributed by atoms with Crippen LogP contribution in [0.4, 0.5) is 5.69 Å². The molecular weight excluding hydrogens is 358 g/mol. The minimum absolute atomic E-state index is 0.113. The first-order chi connectivity index (χ1) is 12.4. The van der Waals surface area contributed by atoms with Crippen molar-refractivity contribution in [2.45, 2.75) is 23.8 Å². The monoisotopic (exact) mass is 377 g/mol. The fourth-order valence-electron chi connectivity index (χ4n) is 2.02. The van der Waals surface area contributed by atoms with Crippen molar-refractivity contribution in [3.8, 4) is 5.75 Å². The van der Waals surface area contributed by atoms with E-state index in [1.807, 2.05) is 0 Å². The number of nitrogens with one attached hydrogen (secondary N) is 2. The summed E-state index contributed by atoms with van der Waals surface area (Å²) in [5.41, 5.74) is 0.480. The first-order valence-electron chi connectivity index (χ1n) is 7.70. The van der Waals surface area contributed by atoms with Crippen LogP contribution in [0.25, 0.3) is 0 Å². The zero-order chi connectivity index (χ0) is 19.1. The second-order valence-corrected chi connectivity index (χ2v) is 6.61. The highest BCUT2D eigenvalue weighted by Gasteiger charge is 2.17. The highest BCUT2D eigenvalue weighted by molar-refractivity contribution is 8.00. The fourth-order valence-corrected chi connectivity index (χ4v) is 2.85. The molecule has 0 aliphatic rings. The summed E-state index contributed by atoms with van der Waals surface area (Å²) < 4.78 is 9.68. The Labute approximate surface area is 154 Å². The van der Waals surface area contributed by atoms with Crippen molar-refractivity contribution in [2.24, 2.45) is 0 Å². The summed E-state index contributed by atoms with van der Waals surface area (Å²) in [6, 6.07) is 8.21. The van der Waals surface area contributed by atoms with Crippen LogP contribution in [0.1, 0.15) is 12.6 Å². The van der Waals surface area contributed by atoms with Gasteiger partial charge in [0.15, 0.2) is 5.16 Å². The van der Waals surface area contributed by atoms with Crippen molar-refractivity contribution in [3.05, 3.63) is 46.4 Å². The van der Waals surface area contributed by atoms with Gasteiger partial charge in [-0.25, -0.2) is 4.98 Å². The average molecular weight is 377 g/mol. The fraction of sp³-hybridized carbons (Fsp3) is 0.294. The third kappa shape index (κ3) is 5.62. The number of esters is 1. The van der Waals surface area contributed by atoms with Crippen LogP contribution in [-0.2, 0) is 20.7 Å². The van der Waals surface area contributed by atoms with Crippen molar-refractivity contribution >= 4 is 29.3 Å². The van der Waals surface area contributed by atoms with Crippen LogP contribution in [0.2, 0.25) is 0 Å². The van der Waals surface area contributed by atoms with Gasteiger partial charge in [0.05, 0.1) is 31.6 Å². The molecule has 9 heteroatoms. The predicted molar refractivity (Wildman–Crippen MR) is 97.5 cm³/mol. The van der Waals surface area contributed by atoms with Gasteiger partial charge in [-0.1, -0.05) is 17.8 Å². The molecule has 8 nitrogen and oxygen atoms in total. The van der Waals surface area contributed by atoms with Crippen LogP contribution >= 0.6 is 11.8 Å². The Morgan fingerprint density at radius 1 is 1.31 bits per heavy atom. The van der Waals surface area contributed by atoms with E-state index in [0.717, 1.165) is 11.8 Å². The molecule has 1 aromatic carbocycles. The quantitative estimate of drug-likeness (QED) is 0.428. The first kappa shape index (κ1) is 19.5. The number of aromatic amines is 1. The molecule has 1 atom stereocenters. The SMILES string of the molecule is COC(=O)Cc1cc(=O)[nH]c(S[C@@H](C)C(=O)Nc2cccc(OC)c2)n1. The van der Waals surface area contributed by atoms with E-state index in [4.69, 9.17) is 4.74 Å². The van der Waals surface area contributed by atoms with E-state index < -0.39 is 16.8 Å². The van der Waals surface area contributed by atoms with Gasteiger partial charge in [-0.3, -0.25) is 14.4 Å². The molecule has 0 unspecified atom stereocenters. The number of amides is 1. The van der Waals surface area contributed by atoms with Crippen LogP contribution in [0.5, 0.6) is 5.75 Å². The van der Waals surface area contributed by atoms with Gasteiger partial charge < -0.3 is 19.8 Å². The molecule has 0 radical (unpaired) electrons. The van der Waals surface area contributed by atoms with E-state index in [2.05, 4.69) is 20.0 Å². The molecule has 138 valence electrons. The van der Waals surface area contributed by atoms with Gasteiger partial charge in [0.25, 0.3) is 5.56 Å². The number of carbonyl (C=O) groups is 2. The predicted octanol–water partition coefficient (Wildman–Crippen LogP) is 1.61. The van der Waals surface area contributed by atoms with Crippen LogP contribution in [-0.4, -0.2) is 41.3 Å². The molecule has 0 spiro atoms. The van der Waals surface area contributed by atoms with Crippen LogP contribution in [0, 0.1) is 0 Å². The Balaban J connectivity index is 2.06. The van der Waals surface area contributed by atoms with Crippen molar-refractivity contribution in [3.63, 3.8) is 0 Å². The summed E-state index contributed by atoms with van der Waals surface area (Å²) >= 11 is 1.08. The van der Waals surface area contributed by atoms with Gasteiger partial charge in [0.1, 0.15) is 5.75 Å². The van der Waals surface area contributed by atoms with Gasteiger partial charge in [-0.2, -0.15) is 0 Å². The Morgan fingerprint density at radius 2 is 2.08 bits per heavy atom. The number of hydrogen-bond acceptors (Lipinski definition) is 7. The number of aromatic nitrogens is 2. The van der Waals surface area contributed by atoms with Crippen molar-refractivity contribution in [2.75, 3.05) is 19.5 Å². The topological polar surface area (TPSA) is 110 Å². The second kappa shape index (κ2) is 9.04. The zero-order valence-electron chi connectivity index (χ0n) is 14.6. The maximum absolute atomic E-state index is 12.3. The average Bonchev–Trinajstić information content (AvgIpc) is 2.61. The maximum atomic E-state index is 12.3. The zero-order valence-corrected chi connectivity index (χ0v) is 15.4. The Bertz CT molecular complexity index is 852. The second-order valence-electron chi connectivity index (χ2n) is 5.28. The number of nitrogens with zero attached hydrogens (tertiary/aromatic N) is 1. The molecule has 0 saturated heterocycles. The van der Waals surface area contributed by atoms with E-state index in [-0.39, 0.29) is 23.2 Å². The molecule has 1 aromatic heterocycles. The summed E-state index contributed by atoms with van der Waals surface area (Å²) in [6.45, 7) is 1.69. The number of hydrogen-bond donors (Lipinski definition) is 2. The summed E-state index contributed by atoms with van der Waals surface area (Å²) in [4.78, 5) is 42.1. The molecule has 2 N–H and O–H groups in total. The van der Waals surface area contributed by atoms with E-state index in [9.17, 15) is 14.4 Å². The van der Waals surface area contributed by atoms with Crippen LogP contribution in [0.15, 0.2) is 40.3 Å². The number of rotatable bonds is 7. The number of ether oxygens (including phenoxy) is 2. The minimum atomic E-state index is -0.530. The lowest BCUT2D eigenvalue weighted by molar-refractivity contribution is -0.139. The molecule has 2 aromatic rings. The van der Waals surface area contributed by atoms with Gasteiger partial charge in [0.2, 0.25) is 5.91 Å². The molecule has 0 aliphatic carbocycles. The number of thioether (sulfide) groups is 1. The molecule has 1 heterocycles. The van der Waals surface area contributed by atoms with Gasteiger partial charge in [-0.15, -0.1) is 0 Å². The number of H-pyrrole nitrogens is 1. The molecule has 2 rings (SSSR count). The summed E-state index contributed by atoms with van der Waals surface area (Å²) in [5.74, 6) is -0.128. The number of methoxy groups -OCH3 is 2. The van der Waals surface area contributed by atoms with Gasteiger partial charge in [0, 0.05) is 17.8 Å². The third-order valence-corrected chi connectivity index (χ3v) is 4.31. The summed E-state index contributed by atoms with van der Waals surface area (Å²) in [5, 5.41) is 2.50. The Hall–Kier alpha value is -2.81. The number of benzene rings is 1. The van der Waals surface area contributed by atoms with Crippen LogP contribution < -0.4 is 15.6 Å². The van der Waals surface area contributed by atoms with E-state index in [1.165, 1.54) is 13.2 Å². The Kier molecular flexibility index (Phi) is 6.79. The third-order valence-electron chi connectivity index (χ3n) is 3.32. The lowest BCUT2D eigenvalue weighted by Crippen LogP contribution is -2.23. The smallest absolute Gasteiger partial charge is 0.311 e. The van der Waals surface area contributed by atoms with Crippen LogP contribution in [0.3, 0.4) is 0 Å². The lowest BCUT2D eigenvalue weighted by Gasteiger charge is -2.12. The minimum Gasteiger partial charge on any atom is -0.497 e. The van der Waals surface area contributed by atoms with E-state index in [0.29, 0.717) is 11.4 Å². The molecule has 0 aliphatic heterocycles. The number of anilines is 1. The largest absolute Gasteiger partial charge is 0.497 e. The first-order valence-corrected chi connectivity index (χ1v) is 8.58. The molecule has 1 amide bonds. The molecule has 0 saturated carbocycles. The standard InChI is InChI=1S/C17H19N3O5S/c1-10(16(23)18-11-5-4-6-13(7-11)24-2)26-17-19-12(8-14(21)20-17)9-15(22)25-3/h4-8,10H,9H2,1-3H3,(H,18,23)(H,19,20,21)/t10-/m0/s1. The van der Waals surface area contributed by atoms with E-state index in [1.54, 1.807) is 38.3 Å². The maximum Gasteiger partial charge on any atom is 0.311 e. The lowest BCUT2D eigenvalue weighted by atomic mass is 10.3. The Morgan fingerprint density at radius 3 is 2.77 bits per heavy atom. The van der Waals surface area contributed by atoms with Crippen molar-refractivity contribution in [1.29, 1.82) is 0 Å². The highest BCUT2D eigenvalue weighted by Crippen LogP contribution is 2.22.